The highest BCUT2D eigenvalue weighted by molar-refractivity contribution is 5.89. The largest absolute Gasteiger partial charge is 0.494 e. The molecule has 10 nitrogen and oxygen atoms in total. The Bertz CT molecular complexity index is 968. The average Bonchev–Trinajstić information content (AvgIpc) is 3.57. The molecule has 1 fully saturated rings. The summed E-state index contributed by atoms with van der Waals surface area (Å²) in [5.74, 6) is 0.447. The summed E-state index contributed by atoms with van der Waals surface area (Å²) in [6.07, 6.45) is 16.3. The van der Waals surface area contributed by atoms with Crippen LogP contribution in [0, 0.1) is 0 Å². The second kappa shape index (κ2) is 24.3. The van der Waals surface area contributed by atoms with Crippen molar-refractivity contribution in [3.05, 3.63) is 24.3 Å². The van der Waals surface area contributed by atoms with Crippen molar-refractivity contribution in [2.75, 3.05) is 58.7 Å². The minimum Gasteiger partial charge on any atom is -0.494 e. The Labute approximate surface area is 279 Å². The smallest absolute Gasteiger partial charge is 0.280 e. The minimum absolute atomic E-state index is 0.0774. The number of benzene rings is 1. The van der Waals surface area contributed by atoms with Crippen molar-refractivity contribution in [2.24, 2.45) is 0 Å². The SMILES string of the molecule is CCCCCCCCCCCCNC(=O)CCCOc1ccc(NC(NC(=O)CCCN(C)C)C(=O)N(CC)N2CCCC2)cc1. The molecule has 0 spiro atoms. The number of hydrazine groups is 1. The predicted octanol–water partition coefficient (Wildman–Crippen LogP) is 5.94. The van der Waals surface area contributed by atoms with Crippen LogP contribution in [0.2, 0.25) is 0 Å². The number of ether oxygens (including phenoxy) is 1. The molecular formula is C36H64N6O4. The number of unbranched alkanes of at least 4 members (excludes halogenated alkanes) is 9. The third-order valence-electron chi connectivity index (χ3n) is 8.37. The lowest BCUT2D eigenvalue weighted by atomic mass is 10.1. The highest BCUT2D eigenvalue weighted by atomic mass is 16.5. The van der Waals surface area contributed by atoms with E-state index in [1.165, 1.54) is 57.8 Å². The van der Waals surface area contributed by atoms with Crippen molar-refractivity contribution >= 4 is 23.4 Å². The van der Waals surface area contributed by atoms with Gasteiger partial charge in [0.1, 0.15) is 5.75 Å². The minimum atomic E-state index is -0.877. The lowest BCUT2D eigenvalue weighted by Crippen LogP contribution is -2.57. The fraction of sp³-hybridized carbons (Fsp3) is 0.750. The van der Waals surface area contributed by atoms with Crippen LogP contribution in [-0.4, -0.2) is 92.2 Å². The van der Waals surface area contributed by atoms with Gasteiger partial charge in [-0.2, -0.15) is 0 Å². The molecule has 46 heavy (non-hydrogen) atoms. The summed E-state index contributed by atoms with van der Waals surface area (Å²) in [7, 11) is 3.96. The molecular weight excluding hydrogens is 580 g/mol. The maximum absolute atomic E-state index is 13.6. The van der Waals surface area contributed by atoms with Crippen LogP contribution in [0.4, 0.5) is 5.69 Å². The van der Waals surface area contributed by atoms with Crippen molar-refractivity contribution in [3.63, 3.8) is 0 Å². The summed E-state index contributed by atoms with van der Waals surface area (Å²) >= 11 is 0. The number of hydrogen-bond donors (Lipinski definition) is 3. The van der Waals surface area contributed by atoms with Crippen molar-refractivity contribution in [2.45, 2.75) is 123 Å². The van der Waals surface area contributed by atoms with E-state index in [9.17, 15) is 14.4 Å². The third-order valence-corrected chi connectivity index (χ3v) is 8.37. The van der Waals surface area contributed by atoms with Gasteiger partial charge in [0, 0.05) is 44.7 Å². The fourth-order valence-electron chi connectivity index (χ4n) is 5.70. The molecule has 0 saturated carbocycles. The van der Waals surface area contributed by atoms with E-state index in [1.807, 2.05) is 50.2 Å². The molecule has 1 unspecified atom stereocenters. The Morgan fingerprint density at radius 1 is 0.804 bits per heavy atom. The van der Waals surface area contributed by atoms with E-state index < -0.39 is 6.17 Å². The number of carbonyl (C=O) groups excluding carboxylic acids is 3. The van der Waals surface area contributed by atoms with Crippen LogP contribution in [0.5, 0.6) is 5.75 Å². The summed E-state index contributed by atoms with van der Waals surface area (Å²) in [5, 5.41) is 13.0. The standard InChI is InChI=1S/C36H64N6O4/c1-5-7-8-9-10-11-12-13-14-15-26-37-33(43)21-19-30-46-32-24-22-31(23-25-32)38-35(39-34(44)20-18-27-40(3)4)36(45)42(6-2)41-28-16-17-29-41/h22-25,35,38H,5-21,26-30H2,1-4H3,(H,37,43)(H,39,44). The maximum atomic E-state index is 13.6. The van der Waals surface area contributed by atoms with Crippen molar-refractivity contribution in [1.29, 1.82) is 0 Å². The van der Waals surface area contributed by atoms with Gasteiger partial charge in [-0.25, -0.2) is 5.01 Å². The van der Waals surface area contributed by atoms with Crippen LogP contribution in [0.25, 0.3) is 0 Å². The van der Waals surface area contributed by atoms with Crippen molar-refractivity contribution in [3.8, 4) is 5.75 Å². The van der Waals surface area contributed by atoms with Crippen LogP contribution in [0.3, 0.4) is 0 Å². The number of amides is 3. The Hall–Kier alpha value is -2.85. The Morgan fingerprint density at radius 3 is 2.02 bits per heavy atom. The molecule has 1 saturated heterocycles. The van der Waals surface area contributed by atoms with Crippen molar-refractivity contribution < 1.29 is 19.1 Å². The molecule has 3 N–H and O–H groups in total. The van der Waals surface area contributed by atoms with Crippen LogP contribution in [-0.2, 0) is 14.4 Å². The number of carbonyl (C=O) groups is 3. The highest BCUT2D eigenvalue weighted by Crippen LogP contribution is 2.18. The van der Waals surface area contributed by atoms with Gasteiger partial charge in [-0.1, -0.05) is 64.7 Å². The molecule has 0 bridgehead atoms. The zero-order valence-corrected chi connectivity index (χ0v) is 29.4. The number of likely N-dealkylation sites (N-methyl/N-ethyl adjacent to an activating group) is 1. The normalized spacial score (nSPS) is 13.8. The van der Waals surface area contributed by atoms with Crippen LogP contribution in [0.15, 0.2) is 24.3 Å². The van der Waals surface area contributed by atoms with Gasteiger partial charge < -0.3 is 25.6 Å². The molecule has 1 aromatic carbocycles. The second-order valence-corrected chi connectivity index (χ2v) is 12.8. The summed E-state index contributed by atoms with van der Waals surface area (Å²) in [6, 6.07) is 7.37. The van der Waals surface area contributed by atoms with Gasteiger partial charge in [0.15, 0.2) is 6.17 Å². The van der Waals surface area contributed by atoms with E-state index in [0.717, 1.165) is 51.9 Å². The molecule has 2 rings (SSSR count). The van der Waals surface area contributed by atoms with Crippen LogP contribution < -0.4 is 20.7 Å². The van der Waals surface area contributed by atoms with Crippen molar-refractivity contribution in [1.82, 2.24) is 25.6 Å². The summed E-state index contributed by atoms with van der Waals surface area (Å²) in [6.45, 7) is 8.44. The van der Waals surface area contributed by atoms with E-state index in [1.54, 1.807) is 5.01 Å². The molecule has 262 valence electrons. The van der Waals surface area contributed by atoms with Gasteiger partial charge in [-0.05, 0) is 83.9 Å². The van der Waals surface area contributed by atoms with Gasteiger partial charge >= 0.3 is 0 Å². The molecule has 0 aromatic heterocycles. The maximum Gasteiger partial charge on any atom is 0.280 e. The van der Waals surface area contributed by atoms with E-state index >= 15 is 0 Å². The predicted molar refractivity (Wildman–Crippen MR) is 188 cm³/mol. The first-order chi connectivity index (χ1) is 22.3. The molecule has 1 atom stereocenters. The quantitative estimate of drug-likeness (QED) is 0.0847. The summed E-state index contributed by atoms with van der Waals surface area (Å²) < 4.78 is 5.86. The topological polar surface area (TPSA) is 106 Å². The first-order valence-corrected chi connectivity index (χ1v) is 18.1. The molecule has 1 aromatic rings. The Morgan fingerprint density at radius 2 is 1.41 bits per heavy atom. The number of rotatable bonds is 26. The van der Waals surface area contributed by atoms with E-state index in [4.69, 9.17) is 4.74 Å². The van der Waals surface area contributed by atoms with Crippen LogP contribution >= 0.6 is 0 Å². The molecule has 10 heteroatoms. The first-order valence-electron chi connectivity index (χ1n) is 18.1. The van der Waals surface area contributed by atoms with Gasteiger partial charge in [0.2, 0.25) is 11.8 Å². The van der Waals surface area contributed by atoms with Gasteiger partial charge in [0.25, 0.3) is 5.91 Å². The Kier molecular flexibility index (Phi) is 20.8. The molecule has 1 aliphatic heterocycles. The number of hydrogen-bond acceptors (Lipinski definition) is 7. The van der Waals surface area contributed by atoms with E-state index in [-0.39, 0.29) is 17.7 Å². The molecule has 0 aliphatic carbocycles. The van der Waals surface area contributed by atoms with E-state index in [2.05, 4.69) is 27.9 Å². The zero-order valence-electron chi connectivity index (χ0n) is 29.4. The van der Waals surface area contributed by atoms with Gasteiger partial charge in [-0.15, -0.1) is 0 Å². The van der Waals surface area contributed by atoms with Crippen LogP contribution in [0.1, 0.15) is 117 Å². The molecule has 1 heterocycles. The van der Waals surface area contributed by atoms with Gasteiger partial charge in [0.05, 0.1) is 6.61 Å². The third kappa shape index (κ3) is 17.2. The molecule has 0 radical (unpaired) electrons. The molecule has 1 aliphatic rings. The lowest BCUT2D eigenvalue weighted by molar-refractivity contribution is -0.149. The molecule has 3 amide bonds. The first kappa shape index (κ1) is 39.3. The summed E-state index contributed by atoms with van der Waals surface area (Å²) in [5.41, 5.74) is 0.711. The number of nitrogens with zero attached hydrogens (tertiary/aromatic N) is 3. The monoisotopic (exact) mass is 644 g/mol. The zero-order chi connectivity index (χ0) is 33.4. The second-order valence-electron chi connectivity index (χ2n) is 12.8. The van der Waals surface area contributed by atoms with Gasteiger partial charge in [-0.3, -0.25) is 19.4 Å². The number of anilines is 1. The average molecular weight is 645 g/mol. The van der Waals surface area contributed by atoms with E-state index in [0.29, 0.717) is 43.9 Å². The number of nitrogens with one attached hydrogen (secondary N) is 3. The lowest BCUT2D eigenvalue weighted by Gasteiger charge is -2.34. The Balaban J connectivity index is 1.71. The highest BCUT2D eigenvalue weighted by Gasteiger charge is 2.30. The fourth-order valence-corrected chi connectivity index (χ4v) is 5.70. The summed E-state index contributed by atoms with van der Waals surface area (Å²) in [4.78, 5) is 40.6.